The van der Waals surface area contributed by atoms with Crippen molar-refractivity contribution in [1.82, 2.24) is 9.97 Å². The average Bonchev–Trinajstić information content (AvgIpc) is 3.07. The van der Waals surface area contributed by atoms with E-state index in [0.29, 0.717) is 16.1 Å². The van der Waals surface area contributed by atoms with Crippen LogP contribution in [-0.2, 0) is 0 Å². The number of pyridine rings is 1. The van der Waals surface area contributed by atoms with Crippen molar-refractivity contribution in [1.29, 1.82) is 0 Å². The Morgan fingerprint density at radius 1 is 0.897 bits per heavy atom. The normalized spacial score (nSPS) is 11.4. The Morgan fingerprint density at radius 3 is 2.17 bits per heavy atom. The predicted octanol–water partition coefficient (Wildman–Crippen LogP) is 6.97. The van der Waals surface area contributed by atoms with Crippen LogP contribution in [0.5, 0.6) is 0 Å². The molecule has 0 radical (unpaired) electrons. The topological polar surface area (TPSA) is 56.0 Å². The highest BCUT2D eigenvalue weighted by Gasteiger charge is 2.19. The molecular weight excluding hydrogens is 516 g/mol. The molecular formula is C22H12Br2N2O2S. The summed E-state index contributed by atoms with van der Waals surface area (Å²) in [6.07, 6.45) is 0. The van der Waals surface area contributed by atoms with Crippen molar-refractivity contribution in [2.75, 3.05) is 0 Å². The lowest BCUT2D eigenvalue weighted by Crippen LogP contribution is -2.00. The first-order chi connectivity index (χ1) is 14.0. The molecule has 0 amide bonds. The highest BCUT2D eigenvalue weighted by molar-refractivity contribution is 9.10. The number of benzene rings is 2. The van der Waals surface area contributed by atoms with Gasteiger partial charge in [-0.15, -0.1) is 11.3 Å². The van der Waals surface area contributed by atoms with Crippen LogP contribution in [0.4, 0.5) is 0 Å². The molecule has 5 rings (SSSR count). The largest absolute Gasteiger partial charge is 0.408 e. The van der Waals surface area contributed by atoms with E-state index < -0.39 is 0 Å². The molecule has 142 valence electrons. The van der Waals surface area contributed by atoms with E-state index in [2.05, 4.69) is 42.9 Å². The van der Waals surface area contributed by atoms with Gasteiger partial charge in [0.25, 0.3) is 0 Å². The molecule has 0 fully saturated rings. The van der Waals surface area contributed by atoms with Crippen LogP contribution in [0.3, 0.4) is 0 Å². The molecule has 3 heterocycles. The van der Waals surface area contributed by atoms with Gasteiger partial charge in [-0.25, -0.2) is 14.8 Å². The van der Waals surface area contributed by atoms with E-state index in [0.717, 1.165) is 41.5 Å². The average molecular weight is 528 g/mol. The zero-order valence-corrected chi connectivity index (χ0v) is 19.1. The van der Waals surface area contributed by atoms with E-state index in [4.69, 9.17) is 9.40 Å². The minimum Gasteiger partial charge on any atom is -0.408 e. The minimum atomic E-state index is -0.373. The molecule has 29 heavy (non-hydrogen) atoms. The van der Waals surface area contributed by atoms with Crippen molar-refractivity contribution in [3.63, 3.8) is 0 Å². The van der Waals surface area contributed by atoms with Gasteiger partial charge >= 0.3 is 5.63 Å². The van der Waals surface area contributed by atoms with E-state index >= 15 is 0 Å². The number of rotatable bonds is 2. The SMILES string of the molecule is Cc1nc2c(sc3nc(-c4ccc(Br)cc4)cc(-c4ccc(Br)cc4)c32)c(=O)o1. The van der Waals surface area contributed by atoms with Gasteiger partial charge < -0.3 is 4.42 Å². The van der Waals surface area contributed by atoms with E-state index in [9.17, 15) is 4.79 Å². The Kier molecular flexibility index (Phi) is 4.61. The number of fused-ring (bicyclic) bond motifs is 3. The fourth-order valence-corrected chi connectivity index (χ4v) is 4.86. The lowest BCUT2D eigenvalue weighted by Gasteiger charge is -2.09. The summed E-state index contributed by atoms with van der Waals surface area (Å²) in [5, 5.41) is 0.879. The predicted molar refractivity (Wildman–Crippen MR) is 124 cm³/mol. The quantitative estimate of drug-likeness (QED) is 0.249. The highest BCUT2D eigenvalue weighted by Crippen LogP contribution is 2.39. The van der Waals surface area contributed by atoms with Gasteiger partial charge in [0.05, 0.1) is 5.69 Å². The molecule has 2 aromatic carbocycles. The smallest absolute Gasteiger partial charge is 0.357 e. The number of halogens is 2. The zero-order chi connectivity index (χ0) is 20.1. The highest BCUT2D eigenvalue weighted by atomic mass is 79.9. The number of aryl methyl sites for hydroxylation is 1. The summed E-state index contributed by atoms with van der Waals surface area (Å²) in [7, 11) is 0. The first-order valence-corrected chi connectivity index (χ1v) is 11.2. The molecule has 0 aliphatic carbocycles. The van der Waals surface area contributed by atoms with Crippen molar-refractivity contribution in [3.05, 3.63) is 79.9 Å². The fourth-order valence-electron chi connectivity index (χ4n) is 3.31. The third-order valence-corrected chi connectivity index (χ3v) is 6.74. The first kappa shape index (κ1) is 18.7. The van der Waals surface area contributed by atoms with Gasteiger partial charge in [-0.05, 0) is 41.5 Å². The second-order valence-electron chi connectivity index (χ2n) is 6.55. The molecule has 0 bridgehead atoms. The molecule has 3 aromatic heterocycles. The molecule has 0 N–H and O–H groups in total. The van der Waals surface area contributed by atoms with Crippen LogP contribution in [0.1, 0.15) is 5.89 Å². The maximum absolute atomic E-state index is 12.4. The summed E-state index contributed by atoms with van der Waals surface area (Å²) in [5.41, 5.74) is 4.14. The maximum Gasteiger partial charge on any atom is 0.357 e. The Morgan fingerprint density at radius 2 is 1.52 bits per heavy atom. The Bertz CT molecular complexity index is 1440. The van der Waals surface area contributed by atoms with Crippen molar-refractivity contribution < 1.29 is 4.42 Å². The summed E-state index contributed by atoms with van der Waals surface area (Å²) >= 11 is 8.30. The van der Waals surface area contributed by atoms with E-state index in [1.54, 1.807) is 6.92 Å². The number of hydrogen-bond donors (Lipinski definition) is 0. The molecule has 4 nitrogen and oxygen atoms in total. The second kappa shape index (κ2) is 7.16. The number of nitrogens with zero attached hydrogens (tertiary/aromatic N) is 2. The Hall–Kier alpha value is -2.35. The molecule has 0 saturated heterocycles. The van der Waals surface area contributed by atoms with E-state index in [1.807, 2.05) is 48.5 Å². The van der Waals surface area contributed by atoms with Gasteiger partial charge in [-0.2, -0.15) is 0 Å². The molecule has 0 atom stereocenters. The maximum atomic E-state index is 12.4. The van der Waals surface area contributed by atoms with Crippen molar-refractivity contribution >= 4 is 63.6 Å². The summed E-state index contributed by atoms with van der Waals surface area (Å²) in [4.78, 5) is 22.6. The van der Waals surface area contributed by atoms with E-state index in [1.165, 1.54) is 11.3 Å². The third kappa shape index (κ3) is 3.33. The van der Waals surface area contributed by atoms with Gasteiger partial charge in [0.1, 0.15) is 15.0 Å². The summed E-state index contributed by atoms with van der Waals surface area (Å²) in [6, 6.07) is 18.2. The standard InChI is InChI=1S/C22H12Br2N2O2S/c1-11-25-19-18-16(12-2-6-14(23)7-3-12)10-17(13-4-8-15(24)9-5-13)26-21(18)29-20(19)22(27)28-11/h2-10H,1H3. The number of thiophene rings is 1. The lowest BCUT2D eigenvalue weighted by atomic mass is 10.00. The summed E-state index contributed by atoms with van der Waals surface area (Å²) in [5.74, 6) is 0.348. The molecule has 0 aliphatic heterocycles. The molecule has 0 saturated carbocycles. The first-order valence-electron chi connectivity index (χ1n) is 8.76. The van der Waals surface area contributed by atoms with E-state index in [-0.39, 0.29) is 5.63 Å². The van der Waals surface area contributed by atoms with Gasteiger partial charge in [-0.3, -0.25) is 0 Å². The van der Waals surface area contributed by atoms with Gasteiger partial charge in [-0.1, -0.05) is 56.1 Å². The monoisotopic (exact) mass is 526 g/mol. The van der Waals surface area contributed by atoms with Crippen molar-refractivity contribution in [2.24, 2.45) is 0 Å². The van der Waals surface area contributed by atoms with Gasteiger partial charge in [0, 0.05) is 26.8 Å². The summed E-state index contributed by atoms with van der Waals surface area (Å²) < 4.78 is 7.72. The van der Waals surface area contributed by atoms with Crippen LogP contribution in [0.15, 0.2) is 72.8 Å². The fraction of sp³-hybridized carbons (Fsp3) is 0.0455. The number of hydrogen-bond acceptors (Lipinski definition) is 5. The van der Waals surface area contributed by atoms with Crippen LogP contribution < -0.4 is 5.63 Å². The Labute approximate surface area is 186 Å². The van der Waals surface area contributed by atoms with Crippen molar-refractivity contribution in [3.8, 4) is 22.4 Å². The molecule has 7 heteroatoms. The minimum absolute atomic E-state index is 0.348. The van der Waals surface area contributed by atoms with Crippen LogP contribution in [0, 0.1) is 6.92 Å². The van der Waals surface area contributed by atoms with Gasteiger partial charge in [0.15, 0.2) is 5.89 Å². The molecule has 0 aliphatic rings. The third-order valence-electron chi connectivity index (χ3n) is 4.63. The molecule has 0 unspecified atom stereocenters. The van der Waals surface area contributed by atoms with Crippen LogP contribution in [-0.4, -0.2) is 9.97 Å². The number of aromatic nitrogens is 2. The lowest BCUT2D eigenvalue weighted by molar-refractivity contribution is 0.468. The van der Waals surface area contributed by atoms with Gasteiger partial charge in [0.2, 0.25) is 0 Å². The van der Waals surface area contributed by atoms with Crippen molar-refractivity contribution in [2.45, 2.75) is 6.92 Å². The molecule has 5 aromatic rings. The second-order valence-corrected chi connectivity index (χ2v) is 9.38. The molecule has 0 spiro atoms. The van der Waals surface area contributed by atoms with Crippen LogP contribution in [0.2, 0.25) is 0 Å². The Balaban J connectivity index is 1.90. The zero-order valence-electron chi connectivity index (χ0n) is 15.1. The summed E-state index contributed by atoms with van der Waals surface area (Å²) in [6.45, 7) is 1.69. The van der Waals surface area contributed by atoms with Crippen LogP contribution >= 0.6 is 43.2 Å². The van der Waals surface area contributed by atoms with Crippen LogP contribution in [0.25, 0.3) is 42.8 Å².